The van der Waals surface area contributed by atoms with Gasteiger partial charge in [-0.15, -0.1) is 0 Å². The maximum atomic E-state index is 11.5. The first-order chi connectivity index (χ1) is 55.8. The van der Waals surface area contributed by atoms with E-state index in [1.807, 2.05) is 0 Å². The van der Waals surface area contributed by atoms with Crippen LogP contribution in [0.4, 0.5) is 17.5 Å². The molecule has 6 fully saturated rings. The molecule has 13 unspecified atom stereocenters. The van der Waals surface area contributed by atoms with Crippen LogP contribution in [0.3, 0.4) is 0 Å². The second-order valence-corrected chi connectivity index (χ2v) is 26.6. The number of nitrogen functional groups attached to an aromatic ring is 1. The molecule has 25 atom stereocenters. The van der Waals surface area contributed by atoms with E-state index in [0.717, 1.165) is 0 Å². The normalized spacial score (nSPS) is 30.1. The molecule has 0 spiro atoms. The Hall–Kier alpha value is -1.43. The van der Waals surface area contributed by atoms with Crippen molar-refractivity contribution in [2.75, 3.05) is 50.7 Å². The summed E-state index contributed by atoms with van der Waals surface area (Å²) in [4.78, 5) is 79.6. The third kappa shape index (κ3) is 22.2. The van der Waals surface area contributed by atoms with Crippen molar-refractivity contribution < 1.29 is 390 Å². The molecule has 18 heterocycles. The molecule has 54 nitrogen and oxygen atoms in total. The number of anilines is 2. The number of fused-ring (bicyclic) bond motifs is 6. The van der Waals surface area contributed by atoms with E-state index < -0.39 is 199 Å². The smallest absolute Gasteiger partial charge is 0.278 e. The topological polar surface area (TPSA) is 795 Å². The summed E-state index contributed by atoms with van der Waals surface area (Å²) < 4.78 is 40.9. The molecule has 0 aromatic carbocycles. The molecule has 7 aliphatic rings. The molecule has 6 saturated heterocycles. The van der Waals surface area contributed by atoms with Crippen LogP contribution in [0.25, 0.3) is 66.3 Å². The number of aromatic nitrogens is 22. The number of nitrogens with one attached hydrogen (secondary N) is 2. The van der Waals surface area contributed by atoms with Crippen LogP contribution >= 0.6 is 23.2 Å². The van der Waals surface area contributed by atoms with Crippen molar-refractivity contribution in [2.45, 2.75) is 153 Å². The van der Waals surface area contributed by atoms with Crippen molar-refractivity contribution in [1.29, 1.82) is 0 Å². The van der Waals surface area contributed by atoms with E-state index in [-0.39, 0.29) is 309 Å². The fourth-order valence-corrected chi connectivity index (χ4v) is 13.4. The van der Waals surface area contributed by atoms with Crippen LogP contribution in [-0.2, 0) is 28.4 Å². The van der Waals surface area contributed by atoms with Gasteiger partial charge in [0, 0.05) is 269 Å². The SMILES string of the molecule is Nc1ncnc2c1ncn2[C@@H]1O[C@H](CO)C(O)C1O.O=c1[nH]cnc2c1ncn2[C@@H]1O[C@H](CO)C(O)C1O.OC[C@H]1O[C@@H](n2cnc3c(Cl)ncnc32)C(O)C1O.OC[C@H]1O[C@@H](n2cnc3c(Cl)ncnc32)C(O)C1O.OC[C@H]1O[C@@H](n2cnc3c2NC=NC3O)C(O)C1O.[Ac].[Ac].[Ac].[Ac].[Ac].[Ac].[N-]=[N+]=Nc1ncnc2c1ncn2[C@@H]1O[C@H](CO)C(O)C1O. The summed E-state index contributed by atoms with van der Waals surface area (Å²) in [5.41, 5.74) is 17.2. The van der Waals surface area contributed by atoms with Gasteiger partial charge in [-0.05, 0) is 10.6 Å². The van der Waals surface area contributed by atoms with Gasteiger partial charge in [-0.25, -0.2) is 79.8 Å². The predicted molar refractivity (Wildman–Crippen MR) is 380 cm³/mol. The Morgan fingerprint density at radius 2 is 0.680 bits per heavy atom. The Bertz CT molecular complexity index is 5130. The first-order valence-electron chi connectivity index (χ1n) is 34.3. The number of H-pyrrole nitrogens is 1. The zero-order valence-electron chi connectivity index (χ0n) is 62.4. The molecule has 0 aliphatic carbocycles. The van der Waals surface area contributed by atoms with Crippen LogP contribution < -0.4 is 16.6 Å². The molecule has 18 rings (SSSR count). The van der Waals surface area contributed by atoms with Gasteiger partial charge in [0.25, 0.3) is 5.56 Å². The van der Waals surface area contributed by atoms with Gasteiger partial charge in [0.05, 0.1) is 90.3 Å². The van der Waals surface area contributed by atoms with Gasteiger partial charge in [0.15, 0.2) is 99.3 Å². The maximum Gasteiger partial charge on any atom is 0.278 e. The van der Waals surface area contributed by atoms with Gasteiger partial charge in [-0.2, -0.15) is 0 Å². The summed E-state index contributed by atoms with van der Waals surface area (Å²) in [6.45, 7) is -2.43. The third-order valence-electron chi connectivity index (χ3n) is 19.1. The Kier molecular flexibility index (Phi) is 42.6. The second kappa shape index (κ2) is 48.3. The van der Waals surface area contributed by atoms with E-state index in [0.29, 0.717) is 45.0 Å². The van der Waals surface area contributed by atoms with Crippen LogP contribution in [-0.4, -0.2) is 360 Å². The minimum atomic E-state index is -1.25. The third-order valence-corrected chi connectivity index (χ3v) is 19.6. The largest absolute Gasteiger partial charge is 0.394 e. The molecule has 640 valence electrons. The van der Waals surface area contributed by atoms with E-state index in [1.54, 1.807) is 0 Å². The number of rotatable bonds is 13. The average molecular weight is 3030 g/mol. The minimum absolute atomic E-state index is 0. The van der Waals surface area contributed by atoms with Crippen LogP contribution in [0.15, 0.2) is 84.5 Å². The van der Waals surface area contributed by atoms with Gasteiger partial charge in [0.1, 0.15) is 169 Å². The fourth-order valence-electron chi connectivity index (χ4n) is 13.1. The minimum Gasteiger partial charge on any atom is -0.394 e. The fraction of sp³-hybridized carbons (Fsp3) is 0.517. The molecule has 0 bridgehead atoms. The van der Waals surface area contributed by atoms with Crippen LogP contribution in [0.2, 0.25) is 10.3 Å². The molecular formula is C60H72Ac6Cl2N28O26. The summed E-state index contributed by atoms with van der Waals surface area (Å²) >= 11 is 11.8. The standard InChI is InChI=1S/2C10H11ClN4O4.C10H11N7O4.C10H13N5O4.C10H14N4O5.C10H12N4O5.6Ac/c2*11-8-5-9(13-2-12-8)15(3-14-5)10-7(18)6(17)4(1-16)19-10;11-16-15-8-5-9(13-2-12-8)17(3-14-5)10-7(20)6(19)4(1-18)21-10;11-8-5-9(13-2-12-8)15(3-14-5)10-7(18)6(17)4(1-16)19-10;2*15-1-4-6(16)7(17)10(19-4)14-3-13-5-8(14)11-2-12-9(5)18;;;;;;/h2*2-4,6-7,10,16-18H,1H2;2-4,6-7,10,18-20H,1H2;2-4,6-7,10,16-18H,1H2,(H2,11,12,13);2-4,6-7,9-10,15-18H,1H2,(H,11,12);2-4,6-7,10,15-17H,1H2,(H,11,12,18);;;;;;/t4*4-,6?,7?,10-;4-,6?,7?,9?,10-;4-,6?,7?,10-;;;;;;/m111111....../s1. The number of imidazole rings is 6. The molecule has 0 saturated carbocycles. The zero-order valence-corrected chi connectivity index (χ0v) is 92.4. The van der Waals surface area contributed by atoms with Crippen LogP contribution in [0.5, 0.6) is 0 Å². The number of hydrogen-bond donors (Lipinski definition) is 22. The van der Waals surface area contributed by atoms with E-state index in [2.05, 4.69) is 100 Å². The number of aliphatic hydroxyl groups excluding tert-OH is 19. The van der Waals surface area contributed by atoms with Crippen molar-refractivity contribution in [3.8, 4) is 0 Å². The van der Waals surface area contributed by atoms with Crippen molar-refractivity contribution in [1.82, 2.24) is 107 Å². The average Bonchev–Trinajstić information content (AvgIpc) is 1.66. The zero-order chi connectivity index (χ0) is 82.8. The Balaban J connectivity index is 0.000000200. The number of nitrogens with zero attached hydrogens (tertiary/aromatic N) is 25. The van der Waals surface area contributed by atoms with E-state index in [1.165, 1.54) is 103 Å². The molecule has 6 radical (unpaired) electrons. The Labute approximate surface area is 906 Å². The predicted octanol–water partition coefficient (Wildman–Crippen LogP) is -8.75. The van der Waals surface area contributed by atoms with Gasteiger partial charge in [-0.3, -0.25) is 32.2 Å². The molecule has 7 aliphatic heterocycles. The number of ether oxygens (including phenoxy) is 6. The maximum absolute atomic E-state index is 11.5. The van der Waals surface area contributed by atoms with Crippen LogP contribution in [0.1, 0.15) is 49.3 Å². The summed E-state index contributed by atoms with van der Waals surface area (Å²) in [7, 11) is 0. The van der Waals surface area contributed by atoms with E-state index in [4.69, 9.17) is 93.5 Å². The van der Waals surface area contributed by atoms with Crippen molar-refractivity contribution in [3.63, 3.8) is 0 Å². The van der Waals surface area contributed by atoms with E-state index >= 15 is 0 Å². The number of halogens is 2. The first kappa shape index (κ1) is 108. The second-order valence-electron chi connectivity index (χ2n) is 25.9. The summed E-state index contributed by atoms with van der Waals surface area (Å²) in [5, 5.41) is 189. The molecule has 122 heavy (non-hydrogen) atoms. The quantitative estimate of drug-likeness (QED) is 0.0221. The summed E-state index contributed by atoms with van der Waals surface area (Å²) in [5.74, 6) is 0.695. The van der Waals surface area contributed by atoms with Gasteiger partial charge < -0.3 is 141 Å². The van der Waals surface area contributed by atoms with Gasteiger partial charge in [0.2, 0.25) is 0 Å². The number of aromatic amines is 1. The molecule has 11 aromatic rings. The van der Waals surface area contributed by atoms with Crippen molar-refractivity contribution in [2.24, 2.45) is 10.1 Å². The van der Waals surface area contributed by atoms with E-state index in [9.17, 15) is 71.2 Å². The number of aliphatic imine (C=N–C) groups is 1. The number of nitrogens with two attached hydrogens (primary N) is 1. The molecular weight excluding hydrogens is 2960 g/mol. The monoisotopic (exact) mass is 3030 g/mol. The Morgan fingerprint density at radius 3 is 1.03 bits per heavy atom. The summed E-state index contributed by atoms with van der Waals surface area (Å²) in [6.07, 6.45) is -10.5. The van der Waals surface area contributed by atoms with Crippen LogP contribution in [0, 0.1) is 264 Å². The molecule has 23 N–H and O–H groups in total. The number of hydrogen-bond acceptors (Lipinski definition) is 45. The Morgan fingerprint density at radius 1 is 0.385 bits per heavy atom. The van der Waals surface area contributed by atoms with Gasteiger partial charge in [-0.1, -0.05) is 23.2 Å². The number of aliphatic hydroxyl groups is 19. The first-order valence-corrected chi connectivity index (χ1v) is 35.1. The molecule has 11 aromatic heterocycles. The molecule has 0 amide bonds. The summed E-state index contributed by atoms with van der Waals surface area (Å²) in [6, 6.07) is 0. The molecule has 62 heteroatoms. The van der Waals surface area contributed by atoms with Crippen molar-refractivity contribution in [3.05, 3.63) is 106 Å². The van der Waals surface area contributed by atoms with Crippen molar-refractivity contribution >= 4 is 103 Å². The number of azide groups is 1. The van der Waals surface area contributed by atoms with Gasteiger partial charge >= 0.3 is 0 Å².